The third-order valence-electron chi connectivity index (χ3n) is 4.40. The van der Waals surface area contributed by atoms with Crippen molar-refractivity contribution in [2.45, 2.75) is 29.8 Å². The molecule has 138 valence electrons. The van der Waals surface area contributed by atoms with Crippen molar-refractivity contribution in [1.82, 2.24) is 4.90 Å². The summed E-state index contributed by atoms with van der Waals surface area (Å²) in [7, 11) is 0. The Bertz CT molecular complexity index is 560. The standard InChI is InChI=1S/C17H22F2N2O3S/c18-17(19)25-14-3-1-13(2-4-14)20-15(22)11-21-7-5-12(6-8-21)16-23-9-10-24-16/h1-4,12,16-17H,5-11H2,(H,20,22). The number of rotatable bonds is 6. The zero-order chi connectivity index (χ0) is 17.6. The van der Waals surface area contributed by atoms with E-state index in [0.29, 0.717) is 48.0 Å². The molecule has 0 aromatic heterocycles. The Morgan fingerprint density at radius 3 is 2.44 bits per heavy atom. The van der Waals surface area contributed by atoms with Crippen LogP contribution in [0.1, 0.15) is 12.8 Å². The molecule has 8 heteroatoms. The Balaban J connectivity index is 1.40. The van der Waals surface area contributed by atoms with E-state index < -0.39 is 5.76 Å². The minimum atomic E-state index is -2.44. The predicted molar refractivity (Wildman–Crippen MR) is 91.8 cm³/mol. The highest BCUT2D eigenvalue weighted by molar-refractivity contribution is 7.99. The molecule has 3 rings (SSSR count). The lowest BCUT2D eigenvalue weighted by atomic mass is 9.96. The number of ether oxygens (including phenoxy) is 2. The fraction of sp³-hybridized carbons (Fsp3) is 0.588. The number of likely N-dealkylation sites (tertiary alicyclic amines) is 1. The zero-order valence-corrected chi connectivity index (χ0v) is 14.6. The van der Waals surface area contributed by atoms with Crippen LogP contribution in [0.2, 0.25) is 0 Å². The predicted octanol–water partition coefficient (Wildman–Crippen LogP) is 3.02. The summed E-state index contributed by atoms with van der Waals surface area (Å²) in [5, 5.41) is 2.81. The van der Waals surface area contributed by atoms with Gasteiger partial charge in [0.2, 0.25) is 5.91 Å². The number of hydrogen-bond acceptors (Lipinski definition) is 5. The lowest BCUT2D eigenvalue weighted by molar-refractivity contribution is -0.119. The van der Waals surface area contributed by atoms with E-state index in [9.17, 15) is 13.6 Å². The molecule has 0 radical (unpaired) electrons. The second kappa shape index (κ2) is 8.93. The van der Waals surface area contributed by atoms with Gasteiger partial charge in [-0.1, -0.05) is 11.8 Å². The maximum absolute atomic E-state index is 12.3. The molecule has 5 nitrogen and oxygen atoms in total. The molecule has 1 aromatic carbocycles. The topological polar surface area (TPSA) is 50.8 Å². The van der Waals surface area contributed by atoms with E-state index in [1.165, 1.54) is 0 Å². The second-order valence-corrected chi connectivity index (χ2v) is 7.24. The van der Waals surface area contributed by atoms with Crippen LogP contribution in [0.15, 0.2) is 29.2 Å². The summed E-state index contributed by atoms with van der Waals surface area (Å²) in [5.41, 5.74) is 0.617. The lowest BCUT2D eigenvalue weighted by Crippen LogP contribution is -2.41. The van der Waals surface area contributed by atoms with Crippen LogP contribution in [0.25, 0.3) is 0 Å². The SMILES string of the molecule is O=C(CN1CCC(C2OCCO2)CC1)Nc1ccc(SC(F)F)cc1. The summed E-state index contributed by atoms with van der Waals surface area (Å²) in [6, 6.07) is 6.45. The fourth-order valence-corrected chi connectivity index (χ4v) is 3.65. The molecule has 0 atom stereocenters. The van der Waals surface area contributed by atoms with E-state index in [1.54, 1.807) is 24.3 Å². The van der Waals surface area contributed by atoms with Crippen molar-refractivity contribution in [2.75, 3.05) is 38.2 Å². The van der Waals surface area contributed by atoms with Crippen LogP contribution in [-0.2, 0) is 14.3 Å². The minimum absolute atomic E-state index is 0.0828. The molecule has 2 fully saturated rings. The monoisotopic (exact) mass is 372 g/mol. The van der Waals surface area contributed by atoms with Crippen molar-refractivity contribution < 1.29 is 23.0 Å². The quantitative estimate of drug-likeness (QED) is 0.778. The normalized spacial score (nSPS) is 20.3. The first-order valence-corrected chi connectivity index (χ1v) is 9.28. The van der Waals surface area contributed by atoms with Gasteiger partial charge in [0, 0.05) is 16.5 Å². The van der Waals surface area contributed by atoms with E-state index in [2.05, 4.69) is 10.2 Å². The number of benzene rings is 1. The fourth-order valence-electron chi connectivity index (χ4n) is 3.16. The van der Waals surface area contributed by atoms with Gasteiger partial charge in [0.15, 0.2) is 6.29 Å². The van der Waals surface area contributed by atoms with Crippen LogP contribution in [0.3, 0.4) is 0 Å². The molecule has 0 spiro atoms. The maximum Gasteiger partial charge on any atom is 0.288 e. The molecule has 1 aromatic rings. The number of halogens is 2. The summed E-state index contributed by atoms with van der Waals surface area (Å²) in [5.74, 6) is -2.13. The van der Waals surface area contributed by atoms with Gasteiger partial charge in [0.05, 0.1) is 19.8 Å². The van der Waals surface area contributed by atoms with Crippen LogP contribution in [-0.4, -0.2) is 55.7 Å². The summed E-state index contributed by atoms with van der Waals surface area (Å²) in [6.07, 6.45) is 1.83. The number of anilines is 1. The third-order valence-corrected chi connectivity index (χ3v) is 5.12. The second-order valence-electron chi connectivity index (χ2n) is 6.17. The maximum atomic E-state index is 12.3. The van der Waals surface area contributed by atoms with Crippen molar-refractivity contribution in [3.8, 4) is 0 Å². The molecule has 0 saturated carbocycles. The average molecular weight is 372 g/mol. The van der Waals surface area contributed by atoms with Gasteiger partial charge in [0.1, 0.15) is 0 Å². The molecule has 1 N–H and O–H groups in total. The van der Waals surface area contributed by atoms with Crippen molar-refractivity contribution in [3.05, 3.63) is 24.3 Å². The van der Waals surface area contributed by atoms with Crippen LogP contribution in [0.4, 0.5) is 14.5 Å². The largest absolute Gasteiger partial charge is 0.350 e. The Labute approximate surface area is 150 Å². The Hall–Kier alpha value is -1.22. The van der Waals surface area contributed by atoms with Crippen LogP contribution >= 0.6 is 11.8 Å². The molecule has 2 heterocycles. The number of thioether (sulfide) groups is 1. The average Bonchev–Trinajstić information content (AvgIpc) is 3.11. The third kappa shape index (κ3) is 5.64. The lowest BCUT2D eigenvalue weighted by Gasteiger charge is -2.33. The van der Waals surface area contributed by atoms with Crippen molar-refractivity contribution in [1.29, 1.82) is 0 Å². The van der Waals surface area contributed by atoms with Crippen LogP contribution in [0.5, 0.6) is 0 Å². The number of carbonyl (C=O) groups is 1. The number of amides is 1. The van der Waals surface area contributed by atoms with Crippen molar-refractivity contribution in [2.24, 2.45) is 5.92 Å². The highest BCUT2D eigenvalue weighted by Crippen LogP contribution is 2.27. The first kappa shape index (κ1) is 18.6. The first-order chi connectivity index (χ1) is 12.1. The number of alkyl halides is 2. The molecular weight excluding hydrogens is 350 g/mol. The zero-order valence-electron chi connectivity index (χ0n) is 13.8. The van der Waals surface area contributed by atoms with Gasteiger partial charge >= 0.3 is 0 Å². The van der Waals surface area contributed by atoms with Gasteiger partial charge in [-0.2, -0.15) is 8.78 Å². The van der Waals surface area contributed by atoms with Gasteiger partial charge < -0.3 is 14.8 Å². The molecule has 2 aliphatic rings. The van der Waals surface area contributed by atoms with Gasteiger partial charge in [0.25, 0.3) is 5.76 Å². The number of piperidine rings is 1. The van der Waals surface area contributed by atoms with Gasteiger partial charge in [-0.3, -0.25) is 9.69 Å². The summed E-state index contributed by atoms with van der Waals surface area (Å²) in [6.45, 7) is 3.34. The van der Waals surface area contributed by atoms with E-state index in [1.807, 2.05) is 0 Å². The first-order valence-electron chi connectivity index (χ1n) is 8.40. The van der Waals surface area contributed by atoms with Crippen molar-refractivity contribution in [3.63, 3.8) is 0 Å². The molecule has 0 bridgehead atoms. The van der Waals surface area contributed by atoms with Gasteiger partial charge in [-0.15, -0.1) is 0 Å². The molecule has 1 amide bonds. The van der Waals surface area contributed by atoms with Crippen LogP contribution < -0.4 is 5.32 Å². The molecule has 0 unspecified atom stereocenters. The Kier molecular flexibility index (Phi) is 6.63. The van der Waals surface area contributed by atoms with E-state index in [4.69, 9.17) is 9.47 Å². The molecular formula is C17H22F2N2O3S. The number of nitrogens with zero attached hydrogens (tertiary/aromatic N) is 1. The molecule has 25 heavy (non-hydrogen) atoms. The van der Waals surface area contributed by atoms with E-state index >= 15 is 0 Å². The van der Waals surface area contributed by atoms with Gasteiger partial charge in [-0.05, 0) is 50.2 Å². The molecule has 2 aliphatic heterocycles. The smallest absolute Gasteiger partial charge is 0.288 e. The van der Waals surface area contributed by atoms with Crippen LogP contribution in [0, 0.1) is 5.92 Å². The number of carbonyl (C=O) groups excluding carboxylic acids is 1. The minimum Gasteiger partial charge on any atom is -0.350 e. The molecule has 0 aliphatic carbocycles. The number of nitrogens with one attached hydrogen (secondary N) is 1. The summed E-state index contributed by atoms with van der Waals surface area (Å²) in [4.78, 5) is 14.7. The van der Waals surface area contributed by atoms with Crippen molar-refractivity contribution >= 4 is 23.4 Å². The molecule has 2 saturated heterocycles. The van der Waals surface area contributed by atoms with Gasteiger partial charge in [-0.25, -0.2) is 0 Å². The van der Waals surface area contributed by atoms with E-state index in [-0.39, 0.29) is 12.2 Å². The summed E-state index contributed by atoms with van der Waals surface area (Å²) >= 11 is 0.490. The highest BCUT2D eigenvalue weighted by Gasteiger charge is 2.30. The summed E-state index contributed by atoms with van der Waals surface area (Å²) < 4.78 is 35.7. The Morgan fingerprint density at radius 1 is 1.20 bits per heavy atom. The van der Waals surface area contributed by atoms with E-state index in [0.717, 1.165) is 25.9 Å². The highest BCUT2D eigenvalue weighted by atomic mass is 32.2. The Morgan fingerprint density at radius 2 is 1.84 bits per heavy atom. The number of hydrogen-bond donors (Lipinski definition) is 1.